The molecule has 0 fully saturated rings. The lowest BCUT2D eigenvalue weighted by Gasteiger charge is -2.13. The predicted octanol–water partition coefficient (Wildman–Crippen LogP) is 3.94. The molecule has 5 aromatic rings. The van der Waals surface area contributed by atoms with Crippen LogP contribution in [0.1, 0.15) is 15.9 Å². The third kappa shape index (κ3) is 4.34. The molecule has 0 aliphatic heterocycles. The van der Waals surface area contributed by atoms with Crippen LogP contribution in [0.2, 0.25) is 5.02 Å². The van der Waals surface area contributed by atoms with Crippen LogP contribution in [0, 0.1) is 0 Å². The highest BCUT2D eigenvalue weighted by Crippen LogP contribution is 2.19. The van der Waals surface area contributed by atoms with E-state index in [-0.39, 0.29) is 30.0 Å². The topological polar surface area (TPSA) is 88.1 Å². The highest BCUT2D eigenvalue weighted by Gasteiger charge is 2.21. The molecular formula is C27H21ClN4O4. The first-order valence-corrected chi connectivity index (χ1v) is 11.5. The molecule has 8 nitrogen and oxygen atoms in total. The maximum atomic E-state index is 13.6. The van der Waals surface area contributed by atoms with E-state index in [1.807, 2.05) is 30.3 Å². The molecule has 2 heterocycles. The van der Waals surface area contributed by atoms with Gasteiger partial charge in [-0.25, -0.2) is 14.3 Å². The summed E-state index contributed by atoms with van der Waals surface area (Å²) in [6.07, 6.45) is 1.41. The van der Waals surface area contributed by atoms with E-state index < -0.39 is 11.2 Å². The number of carbonyl (C=O) groups excluding carboxylic acids is 1. The summed E-state index contributed by atoms with van der Waals surface area (Å²) >= 11 is 5.94. The van der Waals surface area contributed by atoms with Gasteiger partial charge in [-0.15, -0.1) is 0 Å². The van der Waals surface area contributed by atoms with Crippen molar-refractivity contribution in [3.63, 3.8) is 0 Å². The average Bonchev–Trinajstić information content (AvgIpc) is 3.31. The number of hydrogen-bond donors (Lipinski definition) is 0. The third-order valence-corrected chi connectivity index (χ3v) is 6.13. The fourth-order valence-electron chi connectivity index (χ4n) is 4.07. The molecule has 5 rings (SSSR count). The lowest BCUT2D eigenvalue weighted by molar-refractivity contribution is 0.0973. The van der Waals surface area contributed by atoms with Gasteiger partial charge in [-0.05, 0) is 42.0 Å². The van der Waals surface area contributed by atoms with Crippen LogP contribution in [0.25, 0.3) is 16.9 Å². The summed E-state index contributed by atoms with van der Waals surface area (Å²) in [4.78, 5) is 44.6. The number of ketones is 1. The number of aromatic nitrogens is 4. The number of nitrogens with zero attached hydrogens (tertiary/aromatic N) is 4. The molecule has 0 aliphatic rings. The highest BCUT2D eigenvalue weighted by molar-refractivity contribution is 6.30. The summed E-state index contributed by atoms with van der Waals surface area (Å²) in [5, 5.41) is 0.519. The number of hydrogen-bond acceptors (Lipinski definition) is 5. The number of imidazole rings is 1. The van der Waals surface area contributed by atoms with E-state index in [0.717, 1.165) is 10.1 Å². The van der Waals surface area contributed by atoms with Crippen molar-refractivity contribution in [3.05, 3.63) is 122 Å². The van der Waals surface area contributed by atoms with Crippen LogP contribution >= 0.6 is 11.6 Å². The Bertz CT molecular complexity index is 1690. The van der Waals surface area contributed by atoms with Crippen molar-refractivity contribution in [1.82, 2.24) is 18.7 Å². The number of ether oxygens (including phenoxy) is 1. The molecule has 0 spiro atoms. The second-order valence-electron chi connectivity index (χ2n) is 8.17. The number of carbonyl (C=O) groups is 1. The number of Topliss-reactive ketones (excluding diaryl/α,β-unsaturated/α-hetero) is 1. The molecule has 180 valence electrons. The van der Waals surface area contributed by atoms with Gasteiger partial charge < -0.3 is 9.30 Å². The van der Waals surface area contributed by atoms with Crippen molar-refractivity contribution < 1.29 is 9.53 Å². The maximum absolute atomic E-state index is 13.6. The summed E-state index contributed by atoms with van der Waals surface area (Å²) < 4.78 is 9.33. The summed E-state index contributed by atoms with van der Waals surface area (Å²) in [5.41, 5.74) is 0.962. The Balaban J connectivity index is 1.71. The van der Waals surface area contributed by atoms with E-state index >= 15 is 0 Å². The van der Waals surface area contributed by atoms with Gasteiger partial charge in [0.1, 0.15) is 5.75 Å². The Kier molecular flexibility index (Phi) is 6.26. The minimum absolute atomic E-state index is 0.0642. The van der Waals surface area contributed by atoms with Crippen molar-refractivity contribution in [2.75, 3.05) is 7.11 Å². The largest absolute Gasteiger partial charge is 0.497 e. The Labute approximate surface area is 210 Å². The average molecular weight is 501 g/mol. The van der Waals surface area contributed by atoms with E-state index in [1.54, 1.807) is 48.5 Å². The molecule has 0 atom stereocenters. The molecule has 0 saturated carbocycles. The van der Waals surface area contributed by atoms with Gasteiger partial charge in [0.15, 0.2) is 16.9 Å². The molecule has 9 heteroatoms. The molecule has 0 N–H and O–H groups in total. The standard InChI is InChI=1S/C27H21ClN4O4/c1-36-22-9-5-8-21(14-22)32-25-24(26(34)31(27(32)35)15-18-6-3-2-4-7-18)30(17-29-25)16-23(33)19-10-12-20(28)13-11-19/h2-14,17H,15-16H2,1H3. The smallest absolute Gasteiger partial charge is 0.337 e. The molecule has 0 radical (unpaired) electrons. The second kappa shape index (κ2) is 9.67. The molecule has 3 aromatic carbocycles. The normalized spacial score (nSPS) is 11.1. The first-order chi connectivity index (χ1) is 17.5. The van der Waals surface area contributed by atoms with Crippen LogP contribution in [0.15, 0.2) is 94.8 Å². The molecule has 0 amide bonds. The second-order valence-corrected chi connectivity index (χ2v) is 8.61. The van der Waals surface area contributed by atoms with Gasteiger partial charge in [0.2, 0.25) is 0 Å². The van der Waals surface area contributed by atoms with Crippen molar-refractivity contribution in [2.45, 2.75) is 13.1 Å². The van der Waals surface area contributed by atoms with Crippen LogP contribution in [-0.4, -0.2) is 31.6 Å². The van der Waals surface area contributed by atoms with Gasteiger partial charge in [-0.1, -0.05) is 48.0 Å². The molecule has 0 bridgehead atoms. The number of halogens is 1. The summed E-state index contributed by atoms with van der Waals surface area (Å²) in [5.74, 6) is 0.324. The minimum atomic E-state index is -0.543. The first kappa shape index (κ1) is 23.3. The maximum Gasteiger partial charge on any atom is 0.337 e. The van der Waals surface area contributed by atoms with Crippen LogP contribution < -0.4 is 16.0 Å². The number of rotatable bonds is 7. The van der Waals surface area contributed by atoms with Gasteiger partial charge in [0.25, 0.3) is 5.56 Å². The summed E-state index contributed by atoms with van der Waals surface area (Å²) in [7, 11) is 1.53. The van der Waals surface area contributed by atoms with Gasteiger partial charge in [0.05, 0.1) is 32.2 Å². The van der Waals surface area contributed by atoms with Gasteiger partial charge >= 0.3 is 5.69 Å². The van der Waals surface area contributed by atoms with E-state index in [0.29, 0.717) is 22.0 Å². The van der Waals surface area contributed by atoms with Gasteiger partial charge in [-0.3, -0.25) is 14.2 Å². The van der Waals surface area contributed by atoms with Crippen LogP contribution in [-0.2, 0) is 13.1 Å². The zero-order valence-corrected chi connectivity index (χ0v) is 20.1. The molecule has 0 saturated heterocycles. The Morgan fingerprint density at radius 2 is 1.72 bits per heavy atom. The Morgan fingerprint density at radius 1 is 0.972 bits per heavy atom. The number of fused-ring (bicyclic) bond motifs is 1. The zero-order valence-electron chi connectivity index (χ0n) is 19.3. The van der Waals surface area contributed by atoms with Crippen molar-refractivity contribution in [3.8, 4) is 11.4 Å². The molecule has 2 aromatic heterocycles. The third-order valence-electron chi connectivity index (χ3n) is 5.88. The monoisotopic (exact) mass is 500 g/mol. The fraction of sp³-hybridized carbons (Fsp3) is 0.111. The molecule has 0 unspecified atom stereocenters. The van der Waals surface area contributed by atoms with E-state index in [2.05, 4.69) is 4.98 Å². The van der Waals surface area contributed by atoms with Gasteiger partial charge in [0, 0.05) is 16.7 Å². The first-order valence-electron chi connectivity index (χ1n) is 11.1. The lowest BCUT2D eigenvalue weighted by atomic mass is 10.1. The predicted molar refractivity (Wildman–Crippen MR) is 137 cm³/mol. The molecular weight excluding hydrogens is 480 g/mol. The SMILES string of the molecule is COc1cccc(-n2c(=O)n(Cc3ccccc3)c(=O)c3c2ncn3CC(=O)c2ccc(Cl)cc2)c1. The number of methoxy groups -OCH3 is 1. The minimum Gasteiger partial charge on any atom is -0.497 e. The van der Waals surface area contributed by atoms with Gasteiger partial charge in [-0.2, -0.15) is 0 Å². The van der Waals surface area contributed by atoms with Crippen LogP contribution in [0.4, 0.5) is 0 Å². The van der Waals surface area contributed by atoms with E-state index in [1.165, 1.54) is 22.6 Å². The zero-order chi connectivity index (χ0) is 25.2. The van der Waals surface area contributed by atoms with E-state index in [4.69, 9.17) is 16.3 Å². The quantitative estimate of drug-likeness (QED) is 0.316. The van der Waals surface area contributed by atoms with Crippen molar-refractivity contribution >= 4 is 28.5 Å². The van der Waals surface area contributed by atoms with Crippen LogP contribution in [0.3, 0.4) is 0 Å². The summed E-state index contributed by atoms with van der Waals surface area (Å²) in [6, 6.07) is 22.7. The Morgan fingerprint density at radius 3 is 2.44 bits per heavy atom. The molecule has 0 aliphatic carbocycles. The molecule has 36 heavy (non-hydrogen) atoms. The van der Waals surface area contributed by atoms with Crippen molar-refractivity contribution in [2.24, 2.45) is 0 Å². The van der Waals surface area contributed by atoms with E-state index in [9.17, 15) is 14.4 Å². The summed E-state index contributed by atoms with van der Waals surface area (Å²) in [6.45, 7) is -0.0657. The van der Waals surface area contributed by atoms with Crippen molar-refractivity contribution in [1.29, 1.82) is 0 Å². The highest BCUT2D eigenvalue weighted by atomic mass is 35.5. The lowest BCUT2D eigenvalue weighted by Crippen LogP contribution is -2.40. The number of benzene rings is 3. The fourth-order valence-corrected chi connectivity index (χ4v) is 4.20. The Hall–Kier alpha value is -4.43. The van der Waals surface area contributed by atoms with Crippen LogP contribution in [0.5, 0.6) is 5.75 Å².